The second-order valence-corrected chi connectivity index (χ2v) is 7.22. The summed E-state index contributed by atoms with van der Waals surface area (Å²) in [5, 5.41) is 18.3. The van der Waals surface area contributed by atoms with Crippen LogP contribution in [0.3, 0.4) is 0 Å². The number of rotatable bonds is 7. The molecule has 23 heavy (non-hydrogen) atoms. The number of hydrogen-bond acceptors (Lipinski definition) is 6. The van der Waals surface area contributed by atoms with Crippen molar-refractivity contribution in [3.8, 4) is 0 Å². The van der Waals surface area contributed by atoms with Gasteiger partial charge in [0.15, 0.2) is 9.84 Å². The van der Waals surface area contributed by atoms with Crippen LogP contribution >= 0.6 is 0 Å². The summed E-state index contributed by atoms with van der Waals surface area (Å²) in [6, 6.07) is 4.25. The van der Waals surface area contributed by atoms with Gasteiger partial charge in [-0.2, -0.15) is 5.10 Å². The Morgan fingerprint density at radius 2 is 2.13 bits per heavy atom. The first-order valence-corrected chi connectivity index (χ1v) is 8.87. The van der Waals surface area contributed by atoms with Crippen molar-refractivity contribution in [1.29, 1.82) is 0 Å². The molecule has 2 aromatic rings. The molecule has 2 rings (SSSR count). The van der Waals surface area contributed by atoms with E-state index < -0.39 is 20.4 Å². The molecule has 0 spiro atoms. The van der Waals surface area contributed by atoms with Crippen LogP contribution in [0, 0.1) is 10.1 Å². The molecule has 0 bridgehead atoms. The molecule has 0 unspecified atom stereocenters. The van der Waals surface area contributed by atoms with Crippen molar-refractivity contribution in [2.45, 2.75) is 17.7 Å². The van der Waals surface area contributed by atoms with E-state index >= 15 is 0 Å². The molecule has 0 radical (unpaired) electrons. The zero-order valence-electron chi connectivity index (χ0n) is 12.9. The molecule has 1 N–H and O–H groups in total. The number of nitro groups is 1. The van der Waals surface area contributed by atoms with Crippen molar-refractivity contribution in [2.24, 2.45) is 7.05 Å². The molecule has 0 atom stereocenters. The number of aromatic nitrogens is 2. The van der Waals surface area contributed by atoms with E-state index in [4.69, 9.17) is 0 Å². The molecule has 0 aliphatic heterocycles. The fourth-order valence-electron chi connectivity index (χ4n) is 2.27. The maximum atomic E-state index is 11.7. The Morgan fingerprint density at radius 1 is 1.39 bits per heavy atom. The first-order chi connectivity index (χ1) is 10.8. The molecule has 1 aromatic carbocycles. The molecule has 0 fully saturated rings. The molecule has 0 aliphatic rings. The second kappa shape index (κ2) is 6.78. The number of nitrogens with zero attached hydrogens (tertiary/aromatic N) is 3. The fourth-order valence-corrected chi connectivity index (χ4v) is 3.13. The molecule has 0 amide bonds. The van der Waals surface area contributed by atoms with E-state index in [0.717, 1.165) is 24.7 Å². The smallest absolute Gasteiger partial charge is 0.310 e. The van der Waals surface area contributed by atoms with Gasteiger partial charge in [-0.3, -0.25) is 14.8 Å². The third kappa shape index (κ3) is 4.28. The molecule has 8 nitrogen and oxygen atoms in total. The summed E-state index contributed by atoms with van der Waals surface area (Å²) in [7, 11) is -1.83. The highest BCUT2D eigenvalue weighted by Gasteiger charge is 2.25. The van der Waals surface area contributed by atoms with Gasteiger partial charge in [0.25, 0.3) is 0 Å². The number of anilines is 1. The summed E-state index contributed by atoms with van der Waals surface area (Å²) >= 11 is 0. The minimum Gasteiger partial charge on any atom is -0.379 e. The van der Waals surface area contributed by atoms with Crippen LogP contribution in [0.25, 0.3) is 0 Å². The largest absolute Gasteiger partial charge is 0.379 e. The summed E-state index contributed by atoms with van der Waals surface area (Å²) in [4.78, 5) is 10.3. The van der Waals surface area contributed by atoms with Crippen molar-refractivity contribution in [3.05, 3.63) is 46.3 Å². The average molecular weight is 338 g/mol. The summed E-state index contributed by atoms with van der Waals surface area (Å²) in [5.74, 6) is 0. The SMILES string of the molecule is Cn1cc(CCCNc2cccc(S(C)(=O)=O)c2[N+](=O)[O-])cn1. The predicted octanol–water partition coefficient (Wildman–Crippen LogP) is 1.78. The van der Waals surface area contributed by atoms with E-state index in [1.807, 2.05) is 13.2 Å². The molecule has 9 heteroatoms. The molecular formula is C14H18N4O4S. The Labute approximate surface area is 134 Å². The Bertz CT molecular complexity index is 814. The number of sulfone groups is 1. The normalized spacial score (nSPS) is 11.4. The van der Waals surface area contributed by atoms with E-state index in [-0.39, 0.29) is 10.6 Å². The van der Waals surface area contributed by atoms with Crippen molar-refractivity contribution >= 4 is 21.2 Å². The maximum absolute atomic E-state index is 11.7. The maximum Gasteiger partial charge on any atom is 0.310 e. The quantitative estimate of drug-likeness (QED) is 0.468. The number of hydrogen-bond donors (Lipinski definition) is 1. The highest BCUT2D eigenvalue weighted by molar-refractivity contribution is 7.90. The Kier molecular flexibility index (Phi) is 4.99. The summed E-state index contributed by atoms with van der Waals surface area (Å²) in [5.41, 5.74) is 0.883. The van der Waals surface area contributed by atoms with Crippen LogP contribution in [0.5, 0.6) is 0 Å². The number of nitro benzene ring substituents is 1. The number of nitrogens with one attached hydrogen (secondary N) is 1. The van der Waals surface area contributed by atoms with E-state index in [9.17, 15) is 18.5 Å². The molecule has 124 valence electrons. The molecule has 0 saturated heterocycles. The lowest BCUT2D eigenvalue weighted by molar-refractivity contribution is -0.386. The average Bonchev–Trinajstić information content (AvgIpc) is 2.87. The van der Waals surface area contributed by atoms with Gasteiger partial charge < -0.3 is 5.32 Å². The van der Waals surface area contributed by atoms with Crippen molar-refractivity contribution in [2.75, 3.05) is 18.1 Å². The van der Waals surface area contributed by atoms with Gasteiger partial charge in [-0.15, -0.1) is 0 Å². The minimum atomic E-state index is -3.66. The predicted molar refractivity (Wildman–Crippen MR) is 86.2 cm³/mol. The fraction of sp³-hybridized carbons (Fsp3) is 0.357. The molecule has 1 heterocycles. The van der Waals surface area contributed by atoms with Gasteiger partial charge in [0.2, 0.25) is 0 Å². The van der Waals surface area contributed by atoms with Gasteiger partial charge in [0.1, 0.15) is 10.6 Å². The lowest BCUT2D eigenvalue weighted by Gasteiger charge is -2.09. The summed E-state index contributed by atoms with van der Waals surface area (Å²) < 4.78 is 25.1. The van der Waals surface area contributed by atoms with Crippen LogP contribution in [0.1, 0.15) is 12.0 Å². The standard InChI is InChI=1S/C14H18N4O4S/c1-17-10-11(9-16-17)5-4-8-15-12-6-3-7-13(23(2,21)22)14(12)18(19)20/h3,6-7,9-10,15H,4-5,8H2,1-2H3. The number of benzene rings is 1. The van der Waals surface area contributed by atoms with Gasteiger partial charge in [-0.1, -0.05) is 6.07 Å². The zero-order valence-corrected chi connectivity index (χ0v) is 13.7. The van der Waals surface area contributed by atoms with E-state index in [2.05, 4.69) is 10.4 Å². The third-order valence-electron chi connectivity index (χ3n) is 3.30. The highest BCUT2D eigenvalue weighted by atomic mass is 32.2. The summed E-state index contributed by atoms with van der Waals surface area (Å²) in [6.07, 6.45) is 6.16. The number of para-hydroxylation sites is 1. The van der Waals surface area contributed by atoms with Crippen LogP contribution in [-0.4, -0.2) is 35.9 Å². The number of aryl methyl sites for hydroxylation is 2. The highest BCUT2D eigenvalue weighted by Crippen LogP contribution is 2.31. The van der Waals surface area contributed by atoms with Crippen molar-refractivity contribution in [1.82, 2.24) is 9.78 Å². The van der Waals surface area contributed by atoms with Crippen LogP contribution in [0.4, 0.5) is 11.4 Å². The van der Waals surface area contributed by atoms with E-state index in [1.165, 1.54) is 18.2 Å². The summed E-state index contributed by atoms with van der Waals surface area (Å²) in [6.45, 7) is 0.489. The lowest BCUT2D eigenvalue weighted by atomic mass is 10.2. The van der Waals surface area contributed by atoms with Crippen LogP contribution in [0.15, 0.2) is 35.5 Å². The molecular weight excluding hydrogens is 320 g/mol. The van der Waals surface area contributed by atoms with Crippen molar-refractivity contribution < 1.29 is 13.3 Å². The first kappa shape index (κ1) is 16.9. The third-order valence-corrected chi connectivity index (χ3v) is 4.43. The Hall–Kier alpha value is -2.42. The van der Waals surface area contributed by atoms with Gasteiger partial charge in [-0.25, -0.2) is 8.42 Å². The van der Waals surface area contributed by atoms with Gasteiger partial charge >= 0.3 is 5.69 Å². The molecule has 1 aromatic heterocycles. The zero-order chi connectivity index (χ0) is 17.0. The Balaban J connectivity index is 2.09. The van der Waals surface area contributed by atoms with Gasteiger partial charge in [-0.05, 0) is 30.5 Å². The van der Waals surface area contributed by atoms with Crippen LogP contribution in [0.2, 0.25) is 0 Å². The van der Waals surface area contributed by atoms with Crippen LogP contribution < -0.4 is 5.32 Å². The second-order valence-electron chi connectivity index (χ2n) is 5.23. The minimum absolute atomic E-state index is 0.212. The first-order valence-electron chi connectivity index (χ1n) is 6.98. The van der Waals surface area contributed by atoms with E-state index in [0.29, 0.717) is 6.54 Å². The lowest BCUT2D eigenvalue weighted by Crippen LogP contribution is -2.09. The molecule has 0 saturated carbocycles. The van der Waals surface area contributed by atoms with E-state index in [1.54, 1.807) is 10.9 Å². The monoisotopic (exact) mass is 338 g/mol. The van der Waals surface area contributed by atoms with Gasteiger partial charge in [0.05, 0.1) is 11.1 Å². The van der Waals surface area contributed by atoms with Gasteiger partial charge in [0, 0.05) is 26.0 Å². The Morgan fingerprint density at radius 3 is 2.70 bits per heavy atom. The van der Waals surface area contributed by atoms with Crippen LogP contribution in [-0.2, 0) is 23.3 Å². The van der Waals surface area contributed by atoms with Crippen molar-refractivity contribution in [3.63, 3.8) is 0 Å². The molecule has 0 aliphatic carbocycles. The topological polar surface area (TPSA) is 107 Å².